The summed E-state index contributed by atoms with van der Waals surface area (Å²) in [4.78, 5) is 14.6. The number of carbonyl (C=O) groups excluding carboxylic acids is 1. The molecule has 0 atom stereocenters. The van der Waals surface area contributed by atoms with Crippen LogP contribution in [-0.2, 0) is 16.6 Å². The van der Waals surface area contributed by atoms with E-state index in [1.807, 2.05) is 6.92 Å². The highest BCUT2D eigenvalue weighted by molar-refractivity contribution is 7.92. The summed E-state index contributed by atoms with van der Waals surface area (Å²) in [5.41, 5.74) is 1.43. The standard InChI is InChI=1S/C24H22FN3O3S/c1-2-14-28(17-19-12-10-18(16-26)11-13-19)24(29)20-6-5-7-21(15-20)32(30,31)27-23-9-4-3-8-22(23)25/h3-13,15,27H,2,14,17H2,1H3. The molecule has 3 aromatic carbocycles. The summed E-state index contributed by atoms with van der Waals surface area (Å²) in [5, 5.41) is 8.94. The second-order valence-electron chi connectivity index (χ2n) is 7.15. The summed E-state index contributed by atoms with van der Waals surface area (Å²) >= 11 is 0. The van der Waals surface area contributed by atoms with Gasteiger partial charge in [0.1, 0.15) is 5.82 Å². The highest BCUT2D eigenvalue weighted by Crippen LogP contribution is 2.21. The molecule has 0 aliphatic carbocycles. The number of anilines is 1. The number of amides is 1. The van der Waals surface area contributed by atoms with Gasteiger partial charge in [-0.05, 0) is 54.4 Å². The van der Waals surface area contributed by atoms with Crippen molar-refractivity contribution >= 4 is 21.6 Å². The van der Waals surface area contributed by atoms with Gasteiger partial charge < -0.3 is 4.90 Å². The van der Waals surface area contributed by atoms with Crippen molar-refractivity contribution in [3.8, 4) is 6.07 Å². The number of rotatable bonds is 8. The Labute approximate surface area is 187 Å². The molecule has 0 fully saturated rings. The quantitative estimate of drug-likeness (QED) is 0.544. The van der Waals surface area contributed by atoms with E-state index >= 15 is 0 Å². The fourth-order valence-corrected chi connectivity index (χ4v) is 4.27. The molecule has 3 rings (SSSR count). The molecule has 32 heavy (non-hydrogen) atoms. The van der Waals surface area contributed by atoms with E-state index in [9.17, 15) is 17.6 Å². The Bertz CT molecular complexity index is 1250. The average molecular weight is 452 g/mol. The second kappa shape index (κ2) is 10.1. The Kier molecular flexibility index (Phi) is 7.23. The van der Waals surface area contributed by atoms with Crippen LogP contribution in [0.2, 0.25) is 0 Å². The number of nitriles is 1. The smallest absolute Gasteiger partial charge is 0.262 e. The number of hydrogen-bond donors (Lipinski definition) is 1. The predicted octanol–water partition coefficient (Wildman–Crippen LogP) is 4.55. The van der Waals surface area contributed by atoms with Gasteiger partial charge in [-0.15, -0.1) is 0 Å². The first-order valence-corrected chi connectivity index (χ1v) is 11.5. The zero-order valence-electron chi connectivity index (χ0n) is 17.5. The SMILES string of the molecule is CCCN(Cc1ccc(C#N)cc1)C(=O)c1cccc(S(=O)(=O)Nc2ccccc2F)c1. The van der Waals surface area contributed by atoms with Crippen LogP contribution in [0.1, 0.15) is 34.8 Å². The molecule has 0 spiro atoms. The molecule has 1 amide bonds. The lowest BCUT2D eigenvalue weighted by Gasteiger charge is -2.23. The number of benzene rings is 3. The number of hydrogen-bond acceptors (Lipinski definition) is 4. The first-order valence-electron chi connectivity index (χ1n) is 10.00. The summed E-state index contributed by atoms with van der Waals surface area (Å²) in [6, 6.07) is 20.1. The van der Waals surface area contributed by atoms with E-state index in [2.05, 4.69) is 10.8 Å². The van der Waals surface area contributed by atoms with Gasteiger partial charge in [0.05, 0.1) is 22.2 Å². The van der Waals surface area contributed by atoms with Gasteiger partial charge in [0.25, 0.3) is 15.9 Å². The number of nitrogens with one attached hydrogen (secondary N) is 1. The van der Waals surface area contributed by atoms with E-state index in [-0.39, 0.29) is 22.1 Å². The van der Waals surface area contributed by atoms with Gasteiger partial charge >= 0.3 is 0 Å². The Morgan fingerprint density at radius 3 is 2.44 bits per heavy atom. The Morgan fingerprint density at radius 1 is 1.06 bits per heavy atom. The van der Waals surface area contributed by atoms with E-state index < -0.39 is 15.8 Å². The van der Waals surface area contributed by atoms with Crippen molar-refractivity contribution < 1.29 is 17.6 Å². The van der Waals surface area contributed by atoms with Gasteiger partial charge in [-0.3, -0.25) is 9.52 Å². The van der Waals surface area contributed by atoms with Crippen LogP contribution >= 0.6 is 0 Å². The minimum absolute atomic E-state index is 0.138. The van der Waals surface area contributed by atoms with E-state index in [1.54, 1.807) is 35.2 Å². The van der Waals surface area contributed by atoms with E-state index in [1.165, 1.54) is 36.4 Å². The molecule has 0 saturated carbocycles. The molecular formula is C24H22FN3O3S. The van der Waals surface area contributed by atoms with Gasteiger partial charge in [0.15, 0.2) is 0 Å². The maximum atomic E-state index is 13.9. The van der Waals surface area contributed by atoms with E-state index in [0.29, 0.717) is 18.7 Å². The van der Waals surface area contributed by atoms with Crippen LogP contribution in [0.25, 0.3) is 0 Å². The van der Waals surface area contributed by atoms with Gasteiger partial charge in [-0.2, -0.15) is 5.26 Å². The van der Waals surface area contributed by atoms with Crippen molar-refractivity contribution in [1.29, 1.82) is 5.26 Å². The van der Waals surface area contributed by atoms with Gasteiger partial charge in [-0.1, -0.05) is 37.3 Å². The second-order valence-corrected chi connectivity index (χ2v) is 8.83. The first-order chi connectivity index (χ1) is 15.3. The molecule has 0 heterocycles. The number of para-hydroxylation sites is 1. The van der Waals surface area contributed by atoms with Crippen molar-refractivity contribution in [2.45, 2.75) is 24.8 Å². The molecule has 0 aliphatic rings. The van der Waals surface area contributed by atoms with Gasteiger partial charge in [0, 0.05) is 18.7 Å². The fraction of sp³-hybridized carbons (Fsp3) is 0.167. The Balaban J connectivity index is 1.84. The normalized spacial score (nSPS) is 10.9. The van der Waals surface area contributed by atoms with Crippen LogP contribution in [0.5, 0.6) is 0 Å². The van der Waals surface area contributed by atoms with Gasteiger partial charge in [-0.25, -0.2) is 12.8 Å². The lowest BCUT2D eigenvalue weighted by molar-refractivity contribution is 0.0743. The van der Waals surface area contributed by atoms with Crippen molar-refractivity contribution in [3.05, 3.63) is 95.3 Å². The number of nitrogens with zero attached hydrogens (tertiary/aromatic N) is 2. The summed E-state index contributed by atoms with van der Waals surface area (Å²) in [6.07, 6.45) is 0.717. The van der Waals surface area contributed by atoms with Crippen LogP contribution in [0.15, 0.2) is 77.7 Å². The topological polar surface area (TPSA) is 90.3 Å². The van der Waals surface area contributed by atoms with Crippen LogP contribution in [0.3, 0.4) is 0 Å². The Hall–Kier alpha value is -3.70. The minimum Gasteiger partial charge on any atom is -0.334 e. The summed E-state index contributed by atoms with van der Waals surface area (Å²) < 4.78 is 41.6. The lowest BCUT2D eigenvalue weighted by Crippen LogP contribution is -2.31. The molecular weight excluding hydrogens is 429 g/mol. The van der Waals surface area contributed by atoms with Crippen LogP contribution < -0.4 is 4.72 Å². The molecule has 6 nitrogen and oxygen atoms in total. The highest BCUT2D eigenvalue weighted by Gasteiger charge is 2.20. The number of sulfonamides is 1. The highest BCUT2D eigenvalue weighted by atomic mass is 32.2. The molecule has 1 N–H and O–H groups in total. The molecule has 164 valence electrons. The molecule has 8 heteroatoms. The summed E-state index contributed by atoms with van der Waals surface area (Å²) in [5.74, 6) is -1.01. The predicted molar refractivity (Wildman–Crippen MR) is 120 cm³/mol. The number of carbonyl (C=O) groups is 1. The molecule has 0 radical (unpaired) electrons. The molecule has 0 unspecified atom stereocenters. The van der Waals surface area contributed by atoms with Crippen molar-refractivity contribution in [2.75, 3.05) is 11.3 Å². The van der Waals surface area contributed by atoms with Crippen LogP contribution in [0, 0.1) is 17.1 Å². The molecule has 0 aliphatic heterocycles. The average Bonchev–Trinajstić information content (AvgIpc) is 2.80. The summed E-state index contributed by atoms with van der Waals surface area (Å²) in [6.45, 7) is 2.74. The monoisotopic (exact) mass is 451 g/mol. The molecule has 3 aromatic rings. The fourth-order valence-electron chi connectivity index (χ4n) is 3.15. The number of halogens is 1. The zero-order chi connectivity index (χ0) is 23.1. The molecule has 0 aromatic heterocycles. The lowest BCUT2D eigenvalue weighted by atomic mass is 10.1. The van der Waals surface area contributed by atoms with E-state index in [4.69, 9.17) is 5.26 Å². The van der Waals surface area contributed by atoms with Crippen LogP contribution in [0.4, 0.5) is 10.1 Å². The third-order valence-electron chi connectivity index (χ3n) is 4.75. The van der Waals surface area contributed by atoms with Gasteiger partial charge in [0.2, 0.25) is 0 Å². The van der Waals surface area contributed by atoms with Crippen LogP contribution in [-0.4, -0.2) is 25.8 Å². The molecule has 0 saturated heterocycles. The van der Waals surface area contributed by atoms with Crippen molar-refractivity contribution in [1.82, 2.24) is 4.90 Å². The van der Waals surface area contributed by atoms with Crippen molar-refractivity contribution in [3.63, 3.8) is 0 Å². The summed E-state index contributed by atoms with van der Waals surface area (Å²) in [7, 11) is -4.09. The third kappa shape index (κ3) is 5.50. The minimum atomic E-state index is -4.09. The zero-order valence-corrected chi connectivity index (χ0v) is 18.3. The molecule has 0 bridgehead atoms. The first kappa shape index (κ1) is 23.0. The Morgan fingerprint density at radius 2 is 1.78 bits per heavy atom. The third-order valence-corrected chi connectivity index (χ3v) is 6.11. The maximum absolute atomic E-state index is 13.9. The maximum Gasteiger partial charge on any atom is 0.262 e. The largest absolute Gasteiger partial charge is 0.334 e. The van der Waals surface area contributed by atoms with Crippen molar-refractivity contribution in [2.24, 2.45) is 0 Å². The van der Waals surface area contributed by atoms with E-state index in [0.717, 1.165) is 18.1 Å².